The summed E-state index contributed by atoms with van der Waals surface area (Å²) in [5, 5.41) is 12.4. The van der Waals surface area contributed by atoms with Gasteiger partial charge in [-0.3, -0.25) is 4.79 Å². The van der Waals surface area contributed by atoms with Gasteiger partial charge < -0.3 is 15.2 Å². The normalized spacial score (nSPS) is 20.8. The first-order valence-corrected chi connectivity index (χ1v) is 6.37. The third-order valence-corrected chi connectivity index (χ3v) is 3.24. The Morgan fingerprint density at radius 3 is 2.83 bits per heavy atom. The van der Waals surface area contributed by atoms with Crippen molar-refractivity contribution in [2.24, 2.45) is 0 Å². The van der Waals surface area contributed by atoms with Gasteiger partial charge in [0.25, 0.3) is 0 Å². The van der Waals surface area contributed by atoms with E-state index in [2.05, 4.69) is 5.32 Å². The number of carboxylic acid groups (broad SMARTS) is 1. The third kappa shape index (κ3) is 3.55. The fourth-order valence-electron chi connectivity index (χ4n) is 2.23. The number of nitrogens with one attached hydrogen (secondary N) is 1. The predicted molar refractivity (Wildman–Crippen MR) is 68.7 cm³/mol. The van der Waals surface area contributed by atoms with E-state index in [0.717, 1.165) is 31.6 Å². The topological polar surface area (TPSA) is 58.6 Å². The Balaban J connectivity index is 1.85. The Hall–Kier alpha value is -1.39. The summed E-state index contributed by atoms with van der Waals surface area (Å²) in [4.78, 5) is 11.3. The minimum atomic E-state index is -0.791. The maximum absolute atomic E-state index is 11.3. The molecule has 4 heteroatoms. The van der Waals surface area contributed by atoms with Gasteiger partial charge in [-0.1, -0.05) is 30.3 Å². The van der Waals surface area contributed by atoms with Gasteiger partial charge in [-0.25, -0.2) is 0 Å². The largest absolute Gasteiger partial charge is 0.481 e. The summed E-state index contributed by atoms with van der Waals surface area (Å²) in [7, 11) is 0. The van der Waals surface area contributed by atoms with E-state index in [1.165, 1.54) is 0 Å². The van der Waals surface area contributed by atoms with E-state index in [4.69, 9.17) is 4.74 Å². The van der Waals surface area contributed by atoms with Gasteiger partial charge in [0.05, 0.1) is 12.0 Å². The van der Waals surface area contributed by atoms with Gasteiger partial charge in [-0.15, -0.1) is 0 Å². The molecule has 1 heterocycles. The summed E-state index contributed by atoms with van der Waals surface area (Å²) in [6.07, 6.45) is 2.42. The highest BCUT2D eigenvalue weighted by atomic mass is 16.5. The van der Waals surface area contributed by atoms with Gasteiger partial charge >= 0.3 is 5.97 Å². The molecule has 0 radical (unpaired) electrons. The van der Waals surface area contributed by atoms with Crippen LogP contribution < -0.4 is 5.32 Å². The predicted octanol–water partition coefficient (Wildman–Crippen LogP) is 1.62. The number of rotatable bonds is 6. The maximum atomic E-state index is 11.3. The fourth-order valence-corrected chi connectivity index (χ4v) is 2.23. The smallest absolute Gasteiger partial charge is 0.312 e. The molecule has 1 saturated heterocycles. The van der Waals surface area contributed by atoms with Gasteiger partial charge in [-0.2, -0.15) is 0 Å². The lowest BCUT2D eigenvalue weighted by molar-refractivity contribution is -0.138. The van der Waals surface area contributed by atoms with E-state index in [9.17, 15) is 9.90 Å². The van der Waals surface area contributed by atoms with Crippen molar-refractivity contribution in [1.29, 1.82) is 0 Å². The Bertz CT molecular complexity index is 374. The summed E-state index contributed by atoms with van der Waals surface area (Å²) in [6, 6.07) is 9.33. The first-order chi connectivity index (χ1) is 8.77. The van der Waals surface area contributed by atoms with Crippen LogP contribution >= 0.6 is 0 Å². The monoisotopic (exact) mass is 249 g/mol. The number of ether oxygens (including phenoxy) is 1. The molecule has 0 aliphatic carbocycles. The van der Waals surface area contributed by atoms with E-state index >= 15 is 0 Å². The summed E-state index contributed by atoms with van der Waals surface area (Å²) in [5.41, 5.74) is 0.838. The second-order valence-corrected chi connectivity index (χ2v) is 4.59. The number of benzene rings is 1. The lowest BCUT2D eigenvalue weighted by Gasteiger charge is -2.16. The molecular weight excluding hydrogens is 230 g/mol. The lowest BCUT2D eigenvalue weighted by Crippen LogP contribution is -2.32. The lowest BCUT2D eigenvalue weighted by atomic mass is 9.99. The van der Waals surface area contributed by atoms with E-state index in [1.54, 1.807) is 0 Å². The van der Waals surface area contributed by atoms with Gasteiger partial charge in [-0.05, 0) is 18.4 Å². The second kappa shape index (κ2) is 6.52. The number of carbonyl (C=O) groups is 1. The highest BCUT2D eigenvalue weighted by Crippen LogP contribution is 2.15. The molecule has 1 aliphatic rings. The summed E-state index contributed by atoms with van der Waals surface area (Å²) >= 11 is 0. The van der Waals surface area contributed by atoms with Crippen molar-refractivity contribution >= 4 is 5.97 Å². The molecule has 98 valence electrons. The number of hydrogen-bond acceptors (Lipinski definition) is 3. The van der Waals surface area contributed by atoms with Crippen molar-refractivity contribution in [3.05, 3.63) is 35.9 Å². The maximum Gasteiger partial charge on any atom is 0.312 e. The SMILES string of the molecule is O=C(O)C(CNCC1CCCO1)c1ccccc1. The van der Waals surface area contributed by atoms with Crippen LogP contribution in [0, 0.1) is 0 Å². The third-order valence-electron chi connectivity index (χ3n) is 3.24. The zero-order chi connectivity index (χ0) is 12.8. The Labute approximate surface area is 107 Å². The Morgan fingerprint density at radius 2 is 2.22 bits per heavy atom. The molecule has 0 aromatic heterocycles. The molecule has 0 spiro atoms. The molecule has 0 bridgehead atoms. The van der Waals surface area contributed by atoms with Crippen LogP contribution in [0.25, 0.3) is 0 Å². The number of aliphatic carboxylic acids is 1. The van der Waals surface area contributed by atoms with E-state index in [0.29, 0.717) is 6.54 Å². The number of carboxylic acids is 1. The molecule has 4 nitrogen and oxygen atoms in total. The van der Waals surface area contributed by atoms with Crippen molar-refractivity contribution in [3.8, 4) is 0 Å². The van der Waals surface area contributed by atoms with Crippen molar-refractivity contribution in [2.75, 3.05) is 19.7 Å². The minimum Gasteiger partial charge on any atom is -0.481 e. The van der Waals surface area contributed by atoms with E-state index < -0.39 is 11.9 Å². The quantitative estimate of drug-likeness (QED) is 0.804. The first kappa shape index (κ1) is 13.1. The average Bonchev–Trinajstić information content (AvgIpc) is 2.88. The standard InChI is InChI=1S/C14H19NO3/c16-14(17)13(11-5-2-1-3-6-11)10-15-9-12-7-4-8-18-12/h1-3,5-6,12-13,15H,4,7-10H2,(H,16,17). The van der Waals surface area contributed by atoms with Gasteiger partial charge in [0, 0.05) is 19.7 Å². The van der Waals surface area contributed by atoms with Crippen LogP contribution in [0.3, 0.4) is 0 Å². The summed E-state index contributed by atoms with van der Waals surface area (Å²) in [6.45, 7) is 2.00. The van der Waals surface area contributed by atoms with Crippen LogP contribution in [-0.2, 0) is 9.53 Å². The zero-order valence-electron chi connectivity index (χ0n) is 10.3. The van der Waals surface area contributed by atoms with Crippen LogP contribution in [0.5, 0.6) is 0 Å². The van der Waals surface area contributed by atoms with Crippen LogP contribution in [0.15, 0.2) is 30.3 Å². The minimum absolute atomic E-state index is 0.246. The number of hydrogen-bond donors (Lipinski definition) is 2. The molecule has 2 rings (SSSR count). The highest BCUT2D eigenvalue weighted by molar-refractivity contribution is 5.76. The molecule has 0 saturated carbocycles. The van der Waals surface area contributed by atoms with Crippen molar-refractivity contribution in [1.82, 2.24) is 5.32 Å². The Morgan fingerprint density at radius 1 is 1.44 bits per heavy atom. The summed E-state index contributed by atoms with van der Waals surface area (Å²) in [5.74, 6) is -1.28. The first-order valence-electron chi connectivity index (χ1n) is 6.37. The molecule has 1 aliphatic heterocycles. The van der Waals surface area contributed by atoms with Crippen molar-refractivity contribution in [3.63, 3.8) is 0 Å². The average molecular weight is 249 g/mol. The molecule has 1 aromatic carbocycles. The molecule has 0 amide bonds. The molecule has 2 unspecified atom stereocenters. The van der Waals surface area contributed by atoms with Crippen LogP contribution in [0.1, 0.15) is 24.3 Å². The van der Waals surface area contributed by atoms with Crippen LogP contribution in [-0.4, -0.2) is 36.9 Å². The second-order valence-electron chi connectivity index (χ2n) is 4.59. The Kier molecular flexibility index (Phi) is 4.73. The fraction of sp³-hybridized carbons (Fsp3) is 0.500. The molecule has 18 heavy (non-hydrogen) atoms. The van der Waals surface area contributed by atoms with Gasteiger partial charge in [0.1, 0.15) is 0 Å². The van der Waals surface area contributed by atoms with Crippen molar-refractivity contribution < 1.29 is 14.6 Å². The van der Waals surface area contributed by atoms with Crippen LogP contribution in [0.4, 0.5) is 0 Å². The molecule has 1 fully saturated rings. The molecular formula is C14H19NO3. The van der Waals surface area contributed by atoms with Gasteiger partial charge in [0.15, 0.2) is 0 Å². The van der Waals surface area contributed by atoms with E-state index in [1.807, 2.05) is 30.3 Å². The highest BCUT2D eigenvalue weighted by Gasteiger charge is 2.20. The zero-order valence-corrected chi connectivity index (χ0v) is 10.3. The van der Waals surface area contributed by atoms with E-state index in [-0.39, 0.29) is 6.10 Å². The summed E-state index contributed by atoms with van der Waals surface area (Å²) < 4.78 is 5.49. The molecule has 2 N–H and O–H groups in total. The van der Waals surface area contributed by atoms with Gasteiger partial charge in [0.2, 0.25) is 0 Å². The van der Waals surface area contributed by atoms with Crippen LogP contribution in [0.2, 0.25) is 0 Å². The molecule has 2 atom stereocenters. The van der Waals surface area contributed by atoms with Crippen molar-refractivity contribution in [2.45, 2.75) is 24.9 Å². The molecule has 1 aromatic rings.